The minimum Gasteiger partial charge on any atom is -0.497 e. The van der Waals surface area contributed by atoms with Crippen LogP contribution in [-0.2, 0) is 24.2 Å². The minimum atomic E-state index is -0.249. The van der Waals surface area contributed by atoms with Gasteiger partial charge in [0.25, 0.3) is 5.56 Å². The van der Waals surface area contributed by atoms with Crippen molar-refractivity contribution in [2.45, 2.75) is 40.2 Å². The van der Waals surface area contributed by atoms with E-state index in [9.17, 15) is 9.59 Å². The zero-order valence-electron chi connectivity index (χ0n) is 21.4. The molecule has 2 heterocycles. The summed E-state index contributed by atoms with van der Waals surface area (Å²) in [5.41, 5.74) is 5.05. The fourth-order valence-electron chi connectivity index (χ4n) is 4.47. The summed E-state index contributed by atoms with van der Waals surface area (Å²) in [5, 5.41) is 8.53. The fourth-order valence-corrected chi connectivity index (χ4v) is 4.47. The number of rotatable bonds is 9. The second-order valence-electron chi connectivity index (χ2n) is 8.75. The van der Waals surface area contributed by atoms with E-state index in [0.29, 0.717) is 30.1 Å². The Balaban J connectivity index is 1.59. The zero-order chi connectivity index (χ0) is 25.8. The molecule has 1 N–H and O–H groups in total. The molecule has 0 unspecified atom stereocenters. The fraction of sp³-hybridized carbons (Fsp3) is 0.321. The van der Waals surface area contributed by atoms with Crippen molar-refractivity contribution >= 4 is 16.9 Å². The van der Waals surface area contributed by atoms with Crippen LogP contribution in [0, 0.1) is 13.8 Å². The summed E-state index contributed by atoms with van der Waals surface area (Å²) in [6, 6.07) is 15.2. The van der Waals surface area contributed by atoms with Crippen LogP contribution in [0.3, 0.4) is 0 Å². The Bertz CT molecular complexity index is 1450. The van der Waals surface area contributed by atoms with Crippen molar-refractivity contribution < 1.29 is 14.3 Å². The predicted octanol–water partition coefficient (Wildman–Crippen LogP) is 3.74. The highest BCUT2D eigenvalue weighted by molar-refractivity contribution is 5.85. The number of hydrogen-bond acceptors (Lipinski definition) is 5. The number of fused-ring (bicyclic) bond motifs is 1. The van der Waals surface area contributed by atoms with E-state index in [1.54, 1.807) is 25.0 Å². The summed E-state index contributed by atoms with van der Waals surface area (Å²) < 4.78 is 13.9. The van der Waals surface area contributed by atoms with Gasteiger partial charge in [-0.1, -0.05) is 25.1 Å². The number of nitrogens with zero attached hydrogens (tertiary/aromatic N) is 3. The van der Waals surface area contributed by atoms with Gasteiger partial charge in [0.1, 0.15) is 23.7 Å². The van der Waals surface area contributed by atoms with Gasteiger partial charge in [-0.3, -0.25) is 14.2 Å². The predicted molar refractivity (Wildman–Crippen MR) is 140 cm³/mol. The van der Waals surface area contributed by atoms with E-state index in [1.165, 1.54) is 10.1 Å². The number of carbonyl (C=O) groups is 1. The van der Waals surface area contributed by atoms with Crippen molar-refractivity contribution in [2.24, 2.45) is 0 Å². The van der Waals surface area contributed by atoms with Crippen LogP contribution in [0.15, 0.2) is 53.3 Å². The average molecular weight is 489 g/mol. The number of nitrogens with one attached hydrogen (secondary N) is 1. The van der Waals surface area contributed by atoms with Crippen LogP contribution in [0.2, 0.25) is 0 Å². The van der Waals surface area contributed by atoms with Gasteiger partial charge in [0.2, 0.25) is 5.91 Å². The molecule has 4 rings (SSSR count). The SMILES string of the molecule is CCc1ccc(-n2nc(C)c3c(C)cc(=O)n(CC(=O)NCCc4ccc(OC)cc4OC)c32)cc1. The molecule has 36 heavy (non-hydrogen) atoms. The Morgan fingerprint density at radius 3 is 2.44 bits per heavy atom. The smallest absolute Gasteiger partial charge is 0.252 e. The second-order valence-corrected chi connectivity index (χ2v) is 8.75. The van der Waals surface area contributed by atoms with Crippen molar-refractivity contribution in [1.82, 2.24) is 19.7 Å². The number of amides is 1. The second kappa shape index (κ2) is 10.7. The van der Waals surface area contributed by atoms with E-state index in [4.69, 9.17) is 14.6 Å². The summed E-state index contributed by atoms with van der Waals surface area (Å²) in [5.74, 6) is 1.16. The first-order valence-corrected chi connectivity index (χ1v) is 12.0. The normalized spacial score (nSPS) is 11.0. The molecule has 8 heteroatoms. The Hall–Kier alpha value is -4.07. The highest BCUT2D eigenvalue weighted by atomic mass is 16.5. The first-order chi connectivity index (χ1) is 17.4. The molecule has 0 atom stereocenters. The standard InChI is InChI=1S/C28H32N4O4/c1-6-20-7-10-22(11-8-20)32-28-27(19(3)30-32)18(2)15-26(34)31(28)17-25(33)29-14-13-21-9-12-23(35-4)16-24(21)36-5/h7-12,15-16H,6,13-14,17H2,1-5H3,(H,29,33). The molecule has 0 aliphatic carbocycles. The van der Waals surface area contributed by atoms with Crippen LogP contribution in [0.1, 0.15) is 29.3 Å². The molecule has 0 radical (unpaired) electrons. The molecule has 0 bridgehead atoms. The maximum atomic E-state index is 13.0. The molecule has 0 spiro atoms. The zero-order valence-corrected chi connectivity index (χ0v) is 21.4. The Morgan fingerprint density at radius 1 is 1.03 bits per heavy atom. The Labute approximate surface area is 210 Å². The van der Waals surface area contributed by atoms with Gasteiger partial charge in [0.15, 0.2) is 0 Å². The van der Waals surface area contributed by atoms with E-state index in [2.05, 4.69) is 24.4 Å². The van der Waals surface area contributed by atoms with Gasteiger partial charge in [-0.25, -0.2) is 4.68 Å². The number of carbonyl (C=O) groups excluding carboxylic acids is 1. The number of aromatic nitrogens is 3. The van der Waals surface area contributed by atoms with Crippen molar-refractivity contribution in [3.05, 3.63) is 81.3 Å². The summed E-state index contributed by atoms with van der Waals surface area (Å²) in [6.07, 6.45) is 1.52. The van der Waals surface area contributed by atoms with E-state index in [1.807, 2.05) is 44.2 Å². The summed E-state index contributed by atoms with van der Waals surface area (Å²) >= 11 is 0. The number of benzene rings is 2. The van der Waals surface area contributed by atoms with E-state index >= 15 is 0 Å². The molecular formula is C28H32N4O4. The third kappa shape index (κ3) is 4.98. The maximum absolute atomic E-state index is 13.0. The molecule has 0 aliphatic heterocycles. The summed E-state index contributed by atoms with van der Waals surface area (Å²) in [4.78, 5) is 26.0. The monoisotopic (exact) mass is 488 g/mol. The molecule has 2 aromatic carbocycles. The molecule has 1 amide bonds. The number of aryl methyl sites for hydroxylation is 3. The number of pyridine rings is 1. The molecule has 2 aromatic heterocycles. The van der Waals surface area contributed by atoms with E-state index in [0.717, 1.165) is 34.3 Å². The third-order valence-electron chi connectivity index (χ3n) is 6.39. The molecule has 0 saturated carbocycles. The summed E-state index contributed by atoms with van der Waals surface area (Å²) in [6.45, 7) is 6.22. The van der Waals surface area contributed by atoms with Gasteiger partial charge in [0, 0.05) is 24.1 Å². The molecule has 0 saturated heterocycles. The lowest BCUT2D eigenvalue weighted by atomic mass is 10.1. The van der Waals surface area contributed by atoms with E-state index < -0.39 is 0 Å². The average Bonchev–Trinajstić information content (AvgIpc) is 3.24. The number of hydrogen-bond donors (Lipinski definition) is 1. The maximum Gasteiger partial charge on any atom is 0.252 e. The number of methoxy groups -OCH3 is 2. The van der Waals surface area contributed by atoms with Crippen molar-refractivity contribution in [3.63, 3.8) is 0 Å². The van der Waals surface area contributed by atoms with Crippen LogP contribution in [0.5, 0.6) is 11.5 Å². The van der Waals surface area contributed by atoms with Crippen LogP contribution in [-0.4, -0.2) is 41.0 Å². The van der Waals surface area contributed by atoms with Crippen LogP contribution >= 0.6 is 0 Å². The van der Waals surface area contributed by atoms with Crippen LogP contribution < -0.4 is 20.3 Å². The van der Waals surface area contributed by atoms with Gasteiger partial charge in [-0.05, 0) is 61.6 Å². The lowest BCUT2D eigenvalue weighted by Crippen LogP contribution is -2.34. The minimum absolute atomic E-state index is 0.104. The molecule has 8 nitrogen and oxygen atoms in total. The van der Waals surface area contributed by atoms with Crippen molar-refractivity contribution in [3.8, 4) is 17.2 Å². The molecular weight excluding hydrogens is 456 g/mol. The third-order valence-corrected chi connectivity index (χ3v) is 6.39. The Morgan fingerprint density at radius 2 is 1.78 bits per heavy atom. The quantitative estimate of drug-likeness (QED) is 0.388. The molecule has 0 fully saturated rings. The molecule has 188 valence electrons. The van der Waals surface area contributed by atoms with Gasteiger partial charge >= 0.3 is 0 Å². The largest absolute Gasteiger partial charge is 0.497 e. The highest BCUT2D eigenvalue weighted by Gasteiger charge is 2.19. The first-order valence-electron chi connectivity index (χ1n) is 12.0. The number of ether oxygens (including phenoxy) is 2. The Kier molecular flexibility index (Phi) is 7.43. The van der Waals surface area contributed by atoms with E-state index in [-0.39, 0.29) is 18.0 Å². The van der Waals surface area contributed by atoms with Gasteiger partial charge in [-0.2, -0.15) is 5.10 Å². The summed E-state index contributed by atoms with van der Waals surface area (Å²) in [7, 11) is 3.21. The van der Waals surface area contributed by atoms with Gasteiger partial charge in [-0.15, -0.1) is 0 Å². The van der Waals surface area contributed by atoms with Gasteiger partial charge in [0.05, 0.1) is 25.6 Å². The van der Waals surface area contributed by atoms with Crippen molar-refractivity contribution in [2.75, 3.05) is 20.8 Å². The van der Waals surface area contributed by atoms with Crippen molar-refractivity contribution in [1.29, 1.82) is 0 Å². The first kappa shape index (κ1) is 25.0. The van der Waals surface area contributed by atoms with Crippen LogP contribution in [0.25, 0.3) is 16.7 Å². The topological polar surface area (TPSA) is 87.4 Å². The molecule has 0 aliphatic rings. The van der Waals surface area contributed by atoms with Gasteiger partial charge < -0.3 is 14.8 Å². The highest BCUT2D eigenvalue weighted by Crippen LogP contribution is 2.25. The molecule has 4 aromatic rings. The lowest BCUT2D eigenvalue weighted by molar-refractivity contribution is -0.121. The lowest BCUT2D eigenvalue weighted by Gasteiger charge is -2.14. The van der Waals surface area contributed by atoms with Crippen LogP contribution in [0.4, 0.5) is 0 Å².